The summed E-state index contributed by atoms with van der Waals surface area (Å²) in [5.74, 6) is 1.21. The van der Waals surface area contributed by atoms with Crippen molar-refractivity contribution in [3.63, 3.8) is 0 Å². The maximum absolute atomic E-state index is 11.6. The molecule has 0 fully saturated rings. The normalized spacial score (nSPS) is 21.6. The van der Waals surface area contributed by atoms with Crippen LogP contribution in [-0.2, 0) is 4.79 Å². The smallest absolute Gasteiger partial charge is 0.209 e. The summed E-state index contributed by atoms with van der Waals surface area (Å²) in [5.41, 5.74) is 1.44. The van der Waals surface area contributed by atoms with Crippen LogP contribution in [0.5, 0.6) is 5.75 Å². The predicted molar refractivity (Wildman–Crippen MR) is 61.0 cm³/mol. The zero-order chi connectivity index (χ0) is 11.0. The van der Waals surface area contributed by atoms with Crippen molar-refractivity contribution in [1.82, 2.24) is 0 Å². The molecule has 1 aromatic rings. The minimum absolute atomic E-state index is 0.0437. The fraction of sp³-hybridized carbons (Fsp3) is 0. The summed E-state index contributed by atoms with van der Waals surface area (Å²) in [6.07, 6.45) is 6.80. The molecule has 0 spiro atoms. The molecule has 0 radical (unpaired) electrons. The third kappa shape index (κ3) is 1.34. The molecule has 3 heteroatoms. The first-order valence-electron chi connectivity index (χ1n) is 5.02. The second-order valence-electron chi connectivity index (χ2n) is 3.55. The molecule has 1 N–H and O–H groups in total. The molecular weight excluding hydrogens is 202 g/mol. The van der Waals surface area contributed by atoms with Gasteiger partial charge in [0.05, 0.1) is 11.3 Å². The Balaban J connectivity index is 2.02. The van der Waals surface area contributed by atoms with Gasteiger partial charge in [0.15, 0.2) is 11.5 Å². The van der Waals surface area contributed by atoms with Gasteiger partial charge >= 0.3 is 0 Å². The van der Waals surface area contributed by atoms with Gasteiger partial charge in [-0.05, 0) is 24.3 Å². The minimum atomic E-state index is -0.0437. The molecule has 0 unspecified atom stereocenters. The van der Waals surface area contributed by atoms with Gasteiger partial charge in [0.25, 0.3) is 0 Å². The maximum atomic E-state index is 11.6. The number of nitrogens with one attached hydrogen (secondary N) is 1. The number of para-hydroxylation sites is 2. The summed E-state index contributed by atoms with van der Waals surface area (Å²) in [7, 11) is 0. The highest BCUT2D eigenvalue weighted by atomic mass is 16.5. The lowest BCUT2D eigenvalue weighted by atomic mass is 10.1. The summed E-state index contributed by atoms with van der Waals surface area (Å²) in [4.78, 5) is 11.6. The molecule has 78 valence electrons. The van der Waals surface area contributed by atoms with Gasteiger partial charge in [0.2, 0.25) is 5.88 Å². The highest BCUT2D eigenvalue weighted by Crippen LogP contribution is 2.34. The molecule has 0 aromatic heterocycles. The SMILES string of the molecule is O=C1C=CC=C/C1=C1/Nc2ccccc2O1. The number of allylic oxidation sites excluding steroid dienone is 5. The van der Waals surface area contributed by atoms with E-state index in [1.165, 1.54) is 6.08 Å². The van der Waals surface area contributed by atoms with E-state index in [9.17, 15) is 4.79 Å². The Hall–Kier alpha value is -2.29. The first-order valence-corrected chi connectivity index (χ1v) is 5.02. The lowest BCUT2D eigenvalue weighted by Crippen LogP contribution is -2.09. The fourth-order valence-corrected chi connectivity index (χ4v) is 1.69. The Bertz CT molecular complexity index is 526. The van der Waals surface area contributed by atoms with Crippen LogP contribution in [0, 0.1) is 0 Å². The molecular formula is C13H9NO2. The van der Waals surface area contributed by atoms with Gasteiger partial charge in [-0.2, -0.15) is 0 Å². The van der Waals surface area contributed by atoms with Crippen LogP contribution in [-0.4, -0.2) is 5.78 Å². The molecule has 1 heterocycles. The quantitative estimate of drug-likeness (QED) is 0.669. The third-order valence-corrected chi connectivity index (χ3v) is 2.48. The zero-order valence-corrected chi connectivity index (χ0v) is 8.44. The number of hydrogen-bond donors (Lipinski definition) is 1. The van der Waals surface area contributed by atoms with Crippen molar-refractivity contribution < 1.29 is 9.53 Å². The molecule has 0 saturated heterocycles. The number of carbonyl (C=O) groups excluding carboxylic acids is 1. The summed E-state index contributed by atoms with van der Waals surface area (Å²) in [6.45, 7) is 0. The van der Waals surface area contributed by atoms with Crippen molar-refractivity contribution in [2.24, 2.45) is 0 Å². The fourth-order valence-electron chi connectivity index (χ4n) is 1.69. The van der Waals surface area contributed by atoms with Crippen molar-refractivity contribution in [3.8, 4) is 5.75 Å². The van der Waals surface area contributed by atoms with Crippen LogP contribution in [0.1, 0.15) is 0 Å². The molecule has 0 saturated carbocycles. The van der Waals surface area contributed by atoms with Gasteiger partial charge in [-0.3, -0.25) is 4.79 Å². The van der Waals surface area contributed by atoms with Crippen LogP contribution >= 0.6 is 0 Å². The number of anilines is 1. The predicted octanol–water partition coefficient (Wildman–Crippen LogP) is 2.40. The van der Waals surface area contributed by atoms with Crippen LogP contribution in [0.25, 0.3) is 0 Å². The Morgan fingerprint density at radius 1 is 1.06 bits per heavy atom. The van der Waals surface area contributed by atoms with Crippen molar-refractivity contribution in [1.29, 1.82) is 0 Å². The van der Waals surface area contributed by atoms with Crippen molar-refractivity contribution in [3.05, 3.63) is 60.0 Å². The monoisotopic (exact) mass is 211 g/mol. The van der Waals surface area contributed by atoms with Crippen LogP contribution < -0.4 is 10.1 Å². The number of carbonyl (C=O) groups is 1. The summed E-state index contributed by atoms with van der Waals surface area (Å²) < 4.78 is 5.58. The zero-order valence-electron chi connectivity index (χ0n) is 8.44. The van der Waals surface area contributed by atoms with E-state index in [0.717, 1.165) is 11.4 Å². The molecule has 1 aromatic carbocycles. The third-order valence-electron chi connectivity index (χ3n) is 2.48. The number of rotatable bonds is 0. The first kappa shape index (κ1) is 8.97. The van der Waals surface area contributed by atoms with E-state index >= 15 is 0 Å². The topological polar surface area (TPSA) is 38.3 Å². The Kier molecular flexibility index (Phi) is 1.90. The van der Waals surface area contributed by atoms with Crippen LogP contribution in [0.15, 0.2) is 60.0 Å². The lowest BCUT2D eigenvalue weighted by molar-refractivity contribution is -0.111. The van der Waals surface area contributed by atoms with Gasteiger partial charge in [0.1, 0.15) is 0 Å². The molecule has 0 bridgehead atoms. The Morgan fingerprint density at radius 2 is 1.88 bits per heavy atom. The number of ether oxygens (including phenoxy) is 1. The van der Waals surface area contributed by atoms with Gasteiger partial charge in [-0.1, -0.05) is 24.3 Å². The maximum Gasteiger partial charge on any atom is 0.209 e. The van der Waals surface area contributed by atoms with Gasteiger partial charge in [0, 0.05) is 0 Å². The molecule has 2 aliphatic rings. The molecule has 16 heavy (non-hydrogen) atoms. The molecule has 0 amide bonds. The van der Waals surface area contributed by atoms with Crippen LogP contribution in [0.3, 0.4) is 0 Å². The van der Waals surface area contributed by atoms with Crippen LogP contribution in [0.2, 0.25) is 0 Å². The number of fused-ring (bicyclic) bond motifs is 1. The van der Waals surface area contributed by atoms with Crippen molar-refractivity contribution in [2.45, 2.75) is 0 Å². The first-order chi connectivity index (χ1) is 7.84. The minimum Gasteiger partial charge on any atom is -0.438 e. The number of benzene rings is 1. The average Bonchev–Trinajstić information content (AvgIpc) is 2.73. The molecule has 3 nitrogen and oxygen atoms in total. The summed E-state index contributed by atoms with van der Waals surface area (Å²) >= 11 is 0. The lowest BCUT2D eigenvalue weighted by Gasteiger charge is -2.05. The van der Waals surface area contributed by atoms with Crippen molar-refractivity contribution >= 4 is 11.5 Å². The van der Waals surface area contributed by atoms with E-state index in [-0.39, 0.29) is 5.78 Å². The number of ketones is 1. The Morgan fingerprint density at radius 3 is 2.69 bits per heavy atom. The standard InChI is InChI=1S/C13H9NO2/c15-11-7-3-1-5-9(11)13-14-10-6-2-4-8-12(10)16-13/h1-8,14H/b13-9+. The average molecular weight is 211 g/mol. The number of hydrogen-bond acceptors (Lipinski definition) is 3. The van der Waals surface area contributed by atoms with E-state index in [2.05, 4.69) is 5.32 Å². The van der Waals surface area contributed by atoms with Crippen LogP contribution in [0.4, 0.5) is 5.69 Å². The summed E-state index contributed by atoms with van der Waals surface area (Å²) in [6, 6.07) is 7.59. The van der Waals surface area contributed by atoms with E-state index in [0.29, 0.717) is 11.5 Å². The molecule has 1 aliphatic carbocycles. The highest BCUT2D eigenvalue weighted by Gasteiger charge is 2.21. The molecule has 1 aliphatic heterocycles. The highest BCUT2D eigenvalue weighted by molar-refractivity contribution is 6.08. The summed E-state index contributed by atoms with van der Waals surface area (Å²) in [5, 5.41) is 3.09. The van der Waals surface area contributed by atoms with E-state index in [4.69, 9.17) is 4.74 Å². The van der Waals surface area contributed by atoms with E-state index in [1.54, 1.807) is 12.2 Å². The largest absolute Gasteiger partial charge is 0.438 e. The Labute approximate surface area is 92.7 Å². The second kappa shape index (κ2) is 3.38. The van der Waals surface area contributed by atoms with Crippen molar-refractivity contribution in [2.75, 3.05) is 5.32 Å². The second-order valence-corrected chi connectivity index (χ2v) is 3.55. The van der Waals surface area contributed by atoms with Gasteiger partial charge in [-0.25, -0.2) is 0 Å². The van der Waals surface area contributed by atoms with Gasteiger partial charge in [-0.15, -0.1) is 0 Å². The molecule has 3 rings (SSSR count). The van der Waals surface area contributed by atoms with E-state index in [1.807, 2.05) is 30.3 Å². The van der Waals surface area contributed by atoms with Gasteiger partial charge < -0.3 is 10.1 Å². The van der Waals surface area contributed by atoms with E-state index < -0.39 is 0 Å². The molecule has 0 atom stereocenters.